The van der Waals surface area contributed by atoms with E-state index in [1.807, 2.05) is 24.3 Å². The first kappa shape index (κ1) is 20.2. The van der Waals surface area contributed by atoms with Crippen molar-refractivity contribution in [3.63, 3.8) is 0 Å². The number of carbonyl (C=O) groups is 1. The minimum atomic E-state index is -0.0514. The Labute approximate surface area is 157 Å². The molecule has 0 radical (unpaired) electrons. The fraction of sp³-hybridized carbons (Fsp3) is 0.600. The number of benzene rings is 1. The van der Waals surface area contributed by atoms with Crippen molar-refractivity contribution in [3.05, 3.63) is 35.4 Å². The number of aliphatic imine (C=N–C) groups is 1. The van der Waals surface area contributed by atoms with E-state index in [1.165, 1.54) is 12.8 Å². The number of carbonyl (C=O) groups excluding carboxylic acids is 1. The fourth-order valence-electron chi connectivity index (χ4n) is 3.08. The molecule has 0 saturated heterocycles. The molecule has 0 aromatic heterocycles. The smallest absolute Gasteiger partial charge is 0.251 e. The van der Waals surface area contributed by atoms with Crippen LogP contribution in [0.4, 0.5) is 0 Å². The molecule has 3 N–H and O–H groups in total. The van der Waals surface area contributed by atoms with Crippen LogP contribution in [0.1, 0.15) is 35.7 Å². The molecule has 2 rings (SSSR count). The summed E-state index contributed by atoms with van der Waals surface area (Å²) in [5.74, 6) is 1.61. The van der Waals surface area contributed by atoms with Gasteiger partial charge in [-0.3, -0.25) is 9.79 Å². The van der Waals surface area contributed by atoms with Crippen molar-refractivity contribution < 1.29 is 4.79 Å². The Bertz CT molecular complexity index is 608. The maximum Gasteiger partial charge on any atom is 0.251 e. The summed E-state index contributed by atoms with van der Waals surface area (Å²) in [6.45, 7) is 4.51. The summed E-state index contributed by atoms with van der Waals surface area (Å²) < 4.78 is 0. The number of amides is 1. The maximum absolute atomic E-state index is 11.7. The van der Waals surface area contributed by atoms with Crippen LogP contribution >= 0.6 is 0 Å². The van der Waals surface area contributed by atoms with Gasteiger partial charge in [0.05, 0.1) is 6.54 Å². The molecule has 6 heteroatoms. The summed E-state index contributed by atoms with van der Waals surface area (Å²) in [6, 6.07) is 8.28. The normalized spacial score (nSPS) is 15.7. The van der Waals surface area contributed by atoms with Gasteiger partial charge < -0.3 is 20.9 Å². The highest BCUT2D eigenvalue weighted by molar-refractivity contribution is 5.94. The second kappa shape index (κ2) is 10.2. The minimum absolute atomic E-state index is 0.0514. The predicted octanol–water partition coefficient (Wildman–Crippen LogP) is 1.48. The molecule has 1 aliphatic rings. The molecule has 1 amide bonds. The van der Waals surface area contributed by atoms with Gasteiger partial charge in [0.2, 0.25) is 0 Å². The highest BCUT2D eigenvalue weighted by Crippen LogP contribution is 2.34. The highest BCUT2D eigenvalue weighted by Gasteiger charge is 2.32. The van der Waals surface area contributed by atoms with Crippen LogP contribution in [0.5, 0.6) is 0 Å². The SMILES string of the molecule is CCNC(=NCC(C1CC1)N(C)C)NCCc1cccc(C(=O)NC)c1. The molecular formula is C20H33N5O. The van der Waals surface area contributed by atoms with Crippen LogP contribution in [-0.4, -0.2) is 63.6 Å². The molecule has 26 heavy (non-hydrogen) atoms. The molecule has 0 bridgehead atoms. The van der Waals surface area contributed by atoms with E-state index in [-0.39, 0.29) is 5.91 Å². The zero-order valence-electron chi connectivity index (χ0n) is 16.5. The third-order valence-corrected chi connectivity index (χ3v) is 4.73. The molecule has 1 saturated carbocycles. The van der Waals surface area contributed by atoms with Gasteiger partial charge in [-0.05, 0) is 63.9 Å². The standard InChI is InChI=1S/C20H33N5O/c1-5-22-20(24-14-18(25(3)4)16-9-10-16)23-12-11-15-7-6-8-17(13-15)19(26)21-2/h6-8,13,16,18H,5,9-12,14H2,1-4H3,(H,21,26)(H2,22,23,24). The number of nitrogens with one attached hydrogen (secondary N) is 3. The second-order valence-corrected chi connectivity index (χ2v) is 7.04. The van der Waals surface area contributed by atoms with E-state index >= 15 is 0 Å². The van der Waals surface area contributed by atoms with Crippen LogP contribution in [0.15, 0.2) is 29.3 Å². The lowest BCUT2D eigenvalue weighted by Crippen LogP contribution is -2.40. The number of rotatable bonds is 9. The summed E-state index contributed by atoms with van der Waals surface area (Å²) in [5, 5.41) is 9.39. The van der Waals surface area contributed by atoms with Crippen molar-refractivity contribution in [2.24, 2.45) is 10.9 Å². The van der Waals surface area contributed by atoms with Crippen molar-refractivity contribution in [3.8, 4) is 0 Å². The van der Waals surface area contributed by atoms with Crippen molar-refractivity contribution in [2.75, 3.05) is 40.8 Å². The van der Waals surface area contributed by atoms with Gasteiger partial charge >= 0.3 is 0 Å². The summed E-state index contributed by atoms with van der Waals surface area (Å²) >= 11 is 0. The number of hydrogen-bond donors (Lipinski definition) is 3. The quantitative estimate of drug-likeness (QED) is 0.461. The van der Waals surface area contributed by atoms with E-state index in [9.17, 15) is 4.79 Å². The lowest BCUT2D eigenvalue weighted by molar-refractivity contribution is 0.0963. The maximum atomic E-state index is 11.7. The molecule has 144 valence electrons. The molecule has 1 unspecified atom stereocenters. The van der Waals surface area contributed by atoms with E-state index in [4.69, 9.17) is 4.99 Å². The third-order valence-electron chi connectivity index (χ3n) is 4.73. The molecule has 1 aliphatic carbocycles. The topological polar surface area (TPSA) is 68.8 Å². The monoisotopic (exact) mass is 359 g/mol. The second-order valence-electron chi connectivity index (χ2n) is 7.04. The first-order valence-electron chi connectivity index (χ1n) is 9.54. The summed E-state index contributed by atoms with van der Waals surface area (Å²) in [5.41, 5.74) is 1.84. The Kier molecular flexibility index (Phi) is 7.91. The van der Waals surface area contributed by atoms with Crippen LogP contribution < -0.4 is 16.0 Å². The van der Waals surface area contributed by atoms with E-state index in [2.05, 4.69) is 41.9 Å². The van der Waals surface area contributed by atoms with Crippen LogP contribution in [0, 0.1) is 5.92 Å². The van der Waals surface area contributed by atoms with Crippen molar-refractivity contribution >= 4 is 11.9 Å². The van der Waals surface area contributed by atoms with Gasteiger partial charge in [0.25, 0.3) is 5.91 Å². The average molecular weight is 360 g/mol. The van der Waals surface area contributed by atoms with Gasteiger partial charge in [-0.15, -0.1) is 0 Å². The van der Waals surface area contributed by atoms with E-state index < -0.39 is 0 Å². The molecule has 0 heterocycles. The first-order chi connectivity index (χ1) is 12.5. The van der Waals surface area contributed by atoms with Crippen LogP contribution in [-0.2, 0) is 6.42 Å². The number of nitrogens with zero attached hydrogens (tertiary/aromatic N) is 2. The van der Waals surface area contributed by atoms with Gasteiger partial charge in [0.15, 0.2) is 5.96 Å². The Hall–Kier alpha value is -2.08. The van der Waals surface area contributed by atoms with Gasteiger partial charge in [-0.2, -0.15) is 0 Å². The number of likely N-dealkylation sites (N-methyl/N-ethyl adjacent to an activating group) is 1. The molecule has 1 fully saturated rings. The van der Waals surface area contributed by atoms with Crippen molar-refractivity contribution in [1.82, 2.24) is 20.9 Å². The molecule has 1 aromatic rings. The predicted molar refractivity (Wildman–Crippen MR) is 108 cm³/mol. The van der Waals surface area contributed by atoms with Crippen LogP contribution in [0.3, 0.4) is 0 Å². The zero-order valence-corrected chi connectivity index (χ0v) is 16.5. The Morgan fingerprint density at radius 1 is 1.31 bits per heavy atom. The largest absolute Gasteiger partial charge is 0.357 e. The third kappa shape index (κ3) is 6.33. The van der Waals surface area contributed by atoms with Crippen LogP contribution in [0.2, 0.25) is 0 Å². The van der Waals surface area contributed by atoms with E-state index in [1.54, 1.807) is 7.05 Å². The van der Waals surface area contributed by atoms with E-state index in [0.717, 1.165) is 43.5 Å². The van der Waals surface area contributed by atoms with E-state index in [0.29, 0.717) is 11.6 Å². The van der Waals surface area contributed by atoms with Gasteiger partial charge in [-0.1, -0.05) is 12.1 Å². The number of hydrogen-bond acceptors (Lipinski definition) is 3. The molecule has 0 aliphatic heterocycles. The van der Waals surface area contributed by atoms with Gasteiger partial charge in [-0.25, -0.2) is 0 Å². The summed E-state index contributed by atoms with van der Waals surface area (Å²) in [7, 11) is 5.93. The van der Waals surface area contributed by atoms with Crippen molar-refractivity contribution in [2.45, 2.75) is 32.2 Å². The van der Waals surface area contributed by atoms with Crippen LogP contribution in [0.25, 0.3) is 0 Å². The Morgan fingerprint density at radius 3 is 2.69 bits per heavy atom. The first-order valence-corrected chi connectivity index (χ1v) is 9.54. The van der Waals surface area contributed by atoms with Gasteiger partial charge in [0.1, 0.15) is 0 Å². The summed E-state index contributed by atoms with van der Waals surface area (Å²) in [4.78, 5) is 18.8. The molecule has 6 nitrogen and oxygen atoms in total. The number of guanidine groups is 1. The molecule has 1 atom stereocenters. The Balaban J connectivity index is 1.87. The van der Waals surface area contributed by atoms with Gasteiger partial charge in [0, 0.05) is 31.7 Å². The molecule has 0 spiro atoms. The Morgan fingerprint density at radius 2 is 2.08 bits per heavy atom. The lowest BCUT2D eigenvalue weighted by atomic mass is 10.1. The minimum Gasteiger partial charge on any atom is -0.357 e. The zero-order chi connectivity index (χ0) is 18.9. The molecule has 1 aromatic carbocycles. The van der Waals surface area contributed by atoms with Crippen molar-refractivity contribution in [1.29, 1.82) is 0 Å². The average Bonchev–Trinajstić information content (AvgIpc) is 3.46. The lowest BCUT2D eigenvalue weighted by Gasteiger charge is -2.23. The fourth-order valence-corrected chi connectivity index (χ4v) is 3.08. The summed E-state index contributed by atoms with van der Waals surface area (Å²) in [6.07, 6.45) is 3.49. The highest BCUT2D eigenvalue weighted by atomic mass is 16.1. The molecular weight excluding hydrogens is 326 g/mol.